The van der Waals surface area contributed by atoms with Crippen LogP contribution in [0.15, 0.2) is 182 Å². The number of hydrogen-bond donors (Lipinski definition) is 0. The van der Waals surface area contributed by atoms with Gasteiger partial charge in [0, 0.05) is 44.0 Å². The molecule has 0 saturated heterocycles. The topological polar surface area (TPSA) is 77.3 Å². The minimum Gasteiger partial charge on any atom is -0.244 e. The summed E-state index contributed by atoms with van der Waals surface area (Å²) in [4.78, 5) is 30.8. The van der Waals surface area contributed by atoms with Gasteiger partial charge < -0.3 is 0 Å². The van der Waals surface area contributed by atoms with E-state index >= 15 is 0 Å². The summed E-state index contributed by atoms with van der Waals surface area (Å²) in [5, 5.41) is 3.11. The molecule has 0 fully saturated rings. The predicted molar refractivity (Wildman–Crippen MR) is 238 cm³/mol. The lowest BCUT2D eigenvalue weighted by Gasteiger charge is -2.21. The zero-order chi connectivity index (χ0) is 39.5. The number of pyridine rings is 1. The Morgan fingerprint density at radius 1 is 0.339 bits per heavy atom. The molecule has 0 aliphatic heterocycles. The van der Waals surface area contributed by atoms with Crippen LogP contribution in [0.5, 0.6) is 0 Å². The molecule has 0 spiro atoms. The summed E-state index contributed by atoms with van der Waals surface area (Å²) in [6, 6.07) is 62.6. The second-order valence-corrected chi connectivity index (χ2v) is 15.5. The Bertz CT molecular complexity index is 3230. The highest BCUT2D eigenvalue weighted by atomic mass is 15.0. The van der Waals surface area contributed by atoms with Crippen molar-refractivity contribution in [3.63, 3.8) is 0 Å². The van der Waals surface area contributed by atoms with Crippen LogP contribution in [0.4, 0.5) is 0 Å². The van der Waals surface area contributed by atoms with E-state index in [2.05, 4.69) is 111 Å². The summed E-state index contributed by atoms with van der Waals surface area (Å²) < 4.78 is 0. The second-order valence-electron chi connectivity index (χ2n) is 15.5. The lowest BCUT2D eigenvalue weighted by molar-refractivity contribution is 0.660. The van der Waals surface area contributed by atoms with Gasteiger partial charge in [0.1, 0.15) is 5.69 Å². The Balaban J connectivity index is 1.05. The van der Waals surface area contributed by atoms with Gasteiger partial charge >= 0.3 is 0 Å². The van der Waals surface area contributed by atoms with Crippen LogP contribution in [0, 0.1) is 0 Å². The number of fused-ring (bicyclic) bond motifs is 6. The highest BCUT2D eigenvalue weighted by molar-refractivity contribution is 6.10. The maximum Gasteiger partial charge on any atom is 0.182 e. The molecule has 0 unspecified atom stereocenters. The normalized spacial score (nSPS) is 12.7. The molecule has 0 amide bonds. The highest BCUT2D eigenvalue weighted by Crippen LogP contribution is 2.49. The average molecular weight is 757 g/mol. The molecule has 1 aliphatic rings. The number of nitrogens with zero attached hydrogens (tertiary/aromatic N) is 6. The molecule has 6 nitrogen and oxygen atoms in total. The maximum atomic E-state index is 5.22. The van der Waals surface area contributed by atoms with E-state index in [0.717, 1.165) is 60.9 Å². The molecule has 0 atom stereocenters. The van der Waals surface area contributed by atoms with Crippen molar-refractivity contribution in [3.05, 3.63) is 193 Å². The van der Waals surface area contributed by atoms with E-state index in [1.807, 2.05) is 84.9 Å². The molecule has 59 heavy (non-hydrogen) atoms. The van der Waals surface area contributed by atoms with Gasteiger partial charge in [0.05, 0.1) is 16.9 Å². The fourth-order valence-electron chi connectivity index (χ4n) is 8.50. The van der Waals surface area contributed by atoms with Crippen LogP contribution in [0.3, 0.4) is 0 Å². The van der Waals surface area contributed by atoms with Crippen molar-refractivity contribution in [1.29, 1.82) is 0 Å². The van der Waals surface area contributed by atoms with E-state index in [9.17, 15) is 0 Å². The number of aromatic nitrogens is 6. The van der Waals surface area contributed by atoms with Crippen LogP contribution in [0.25, 0.3) is 101 Å². The van der Waals surface area contributed by atoms with E-state index in [4.69, 9.17) is 29.9 Å². The summed E-state index contributed by atoms with van der Waals surface area (Å²) in [5.41, 5.74) is 13.1. The van der Waals surface area contributed by atoms with Gasteiger partial charge in [0.2, 0.25) is 0 Å². The molecule has 11 rings (SSSR count). The molecule has 0 radical (unpaired) electrons. The Morgan fingerprint density at radius 2 is 0.915 bits per heavy atom. The van der Waals surface area contributed by atoms with Gasteiger partial charge in [-0.2, -0.15) is 0 Å². The zero-order valence-corrected chi connectivity index (χ0v) is 32.5. The van der Waals surface area contributed by atoms with Crippen LogP contribution in [0.2, 0.25) is 0 Å². The molecule has 0 N–H and O–H groups in total. The number of benzene rings is 7. The summed E-state index contributed by atoms with van der Waals surface area (Å²) >= 11 is 0. The van der Waals surface area contributed by atoms with Crippen LogP contribution < -0.4 is 0 Å². The lowest BCUT2D eigenvalue weighted by Crippen LogP contribution is -2.15. The highest BCUT2D eigenvalue weighted by Gasteiger charge is 2.35. The fourth-order valence-corrected chi connectivity index (χ4v) is 8.50. The van der Waals surface area contributed by atoms with E-state index in [-0.39, 0.29) is 5.41 Å². The van der Waals surface area contributed by atoms with Crippen molar-refractivity contribution in [2.45, 2.75) is 19.3 Å². The minimum atomic E-state index is -0.153. The van der Waals surface area contributed by atoms with Crippen LogP contribution >= 0.6 is 0 Å². The third-order valence-electron chi connectivity index (χ3n) is 11.5. The van der Waals surface area contributed by atoms with Crippen molar-refractivity contribution >= 4 is 21.7 Å². The molecule has 10 aromatic rings. The van der Waals surface area contributed by atoms with E-state index in [1.54, 1.807) is 0 Å². The summed E-state index contributed by atoms with van der Waals surface area (Å²) in [7, 11) is 0. The average Bonchev–Trinajstić information content (AvgIpc) is 3.54. The van der Waals surface area contributed by atoms with Crippen molar-refractivity contribution in [2.24, 2.45) is 0 Å². The van der Waals surface area contributed by atoms with Gasteiger partial charge in [0.15, 0.2) is 23.3 Å². The monoisotopic (exact) mass is 756 g/mol. The first-order valence-corrected chi connectivity index (χ1v) is 19.9. The lowest BCUT2D eigenvalue weighted by atomic mass is 9.82. The van der Waals surface area contributed by atoms with Gasteiger partial charge in [-0.05, 0) is 58.0 Å². The molecule has 0 saturated carbocycles. The van der Waals surface area contributed by atoms with Crippen molar-refractivity contribution in [2.75, 3.05) is 0 Å². The zero-order valence-electron chi connectivity index (χ0n) is 32.5. The molecule has 3 heterocycles. The molecule has 278 valence electrons. The first kappa shape index (κ1) is 34.5. The van der Waals surface area contributed by atoms with Gasteiger partial charge in [-0.1, -0.05) is 166 Å². The standard InChI is InChI=1S/C53H36N6/c1-53(2)43-22-13-12-21-39(43)40-29-28-38(32-44(40)53)51-57-50(36-19-10-5-11-20-36)58-52(59-51)46-24-14-23-45(54-46)37-26-25-33-27-30-41-47(34-15-6-3-7-16-34)55-49(35-17-8-4-9-18-35)56-48(41)42(33)31-37/h3-32H,1-2H3. The van der Waals surface area contributed by atoms with E-state index < -0.39 is 0 Å². The second kappa shape index (κ2) is 13.7. The van der Waals surface area contributed by atoms with E-state index in [1.165, 1.54) is 22.3 Å². The summed E-state index contributed by atoms with van der Waals surface area (Å²) in [6.07, 6.45) is 0. The molecule has 3 aromatic heterocycles. The van der Waals surface area contributed by atoms with Crippen LogP contribution in [-0.2, 0) is 5.41 Å². The molecule has 0 bridgehead atoms. The predicted octanol–water partition coefficient (Wildman–Crippen LogP) is 12.7. The number of rotatable bonds is 6. The van der Waals surface area contributed by atoms with Gasteiger partial charge in [-0.15, -0.1) is 0 Å². The Labute approximate surface area is 342 Å². The largest absolute Gasteiger partial charge is 0.244 e. The van der Waals surface area contributed by atoms with Crippen molar-refractivity contribution in [1.82, 2.24) is 29.9 Å². The van der Waals surface area contributed by atoms with Gasteiger partial charge in [-0.3, -0.25) is 0 Å². The third-order valence-corrected chi connectivity index (χ3v) is 11.5. The first-order chi connectivity index (χ1) is 29.0. The van der Waals surface area contributed by atoms with Gasteiger partial charge in [-0.25, -0.2) is 29.9 Å². The molecule has 7 aromatic carbocycles. The molecular weight excluding hydrogens is 721 g/mol. The van der Waals surface area contributed by atoms with E-state index in [0.29, 0.717) is 29.0 Å². The SMILES string of the molecule is CC1(C)c2ccccc2-c2ccc(-c3nc(-c4ccccc4)nc(-c4cccc(-c5ccc6ccc7c(-c8ccccc8)nc(-c8ccccc8)nc7c6c5)n4)n3)cc21. The smallest absolute Gasteiger partial charge is 0.182 e. The Kier molecular flexibility index (Phi) is 8.05. The summed E-state index contributed by atoms with van der Waals surface area (Å²) in [6.45, 7) is 4.58. The molecular formula is C53H36N6. The summed E-state index contributed by atoms with van der Waals surface area (Å²) in [5.74, 6) is 2.40. The number of hydrogen-bond acceptors (Lipinski definition) is 6. The minimum absolute atomic E-state index is 0.153. The van der Waals surface area contributed by atoms with Crippen LogP contribution in [0.1, 0.15) is 25.0 Å². The van der Waals surface area contributed by atoms with Gasteiger partial charge in [0.25, 0.3) is 0 Å². The first-order valence-electron chi connectivity index (χ1n) is 19.9. The molecule has 1 aliphatic carbocycles. The molecule has 6 heteroatoms. The third kappa shape index (κ3) is 5.96. The fraction of sp³-hybridized carbons (Fsp3) is 0.0566. The Hall–Kier alpha value is -7.70. The maximum absolute atomic E-state index is 5.22. The van der Waals surface area contributed by atoms with Crippen LogP contribution in [-0.4, -0.2) is 29.9 Å². The van der Waals surface area contributed by atoms with Crippen molar-refractivity contribution < 1.29 is 0 Å². The Morgan fingerprint density at radius 3 is 1.66 bits per heavy atom. The quantitative estimate of drug-likeness (QED) is 0.157. The van der Waals surface area contributed by atoms with Crippen molar-refractivity contribution in [3.8, 4) is 79.3 Å².